The highest BCUT2D eigenvalue weighted by atomic mass is 16.2. The van der Waals surface area contributed by atoms with Gasteiger partial charge < -0.3 is 15.1 Å². The lowest BCUT2D eigenvalue weighted by Gasteiger charge is -2.39. The molecule has 0 bridgehead atoms. The van der Waals surface area contributed by atoms with Crippen LogP contribution in [0, 0.1) is 5.92 Å². The maximum atomic E-state index is 12.6. The largest absolute Gasteiger partial charge is 0.342 e. The Kier molecular flexibility index (Phi) is 4.62. The van der Waals surface area contributed by atoms with Crippen LogP contribution in [-0.4, -0.2) is 61.5 Å². The maximum absolute atomic E-state index is 12.6. The van der Waals surface area contributed by atoms with Crippen molar-refractivity contribution in [2.45, 2.75) is 44.7 Å². The lowest BCUT2D eigenvalue weighted by atomic mass is 9.90. The minimum absolute atomic E-state index is 0.184. The van der Waals surface area contributed by atoms with Gasteiger partial charge in [-0.25, -0.2) is 0 Å². The highest BCUT2D eigenvalue weighted by Crippen LogP contribution is 2.22. The molecular formula is C14H27N3O. The van der Waals surface area contributed by atoms with Gasteiger partial charge in [0.25, 0.3) is 0 Å². The molecule has 4 nitrogen and oxygen atoms in total. The molecule has 0 spiro atoms. The van der Waals surface area contributed by atoms with Crippen LogP contribution >= 0.6 is 0 Å². The van der Waals surface area contributed by atoms with Crippen molar-refractivity contribution in [3.63, 3.8) is 0 Å². The Labute approximate surface area is 111 Å². The summed E-state index contributed by atoms with van der Waals surface area (Å²) >= 11 is 0. The molecule has 0 saturated carbocycles. The lowest BCUT2D eigenvalue weighted by Crippen LogP contribution is -2.51. The van der Waals surface area contributed by atoms with Gasteiger partial charge in [0.15, 0.2) is 0 Å². The molecule has 0 aromatic heterocycles. The summed E-state index contributed by atoms with van der Waals surface area (Å²) in [5.74, 6) is 0.535. The van der Waals surface area contributed by atoms with Crippen LogP contribution in [0.2, 0.25) is 0 Å². The van der Waals surface area contributed by atoms with Gasteiger partial charge in [0.05, 0.1) is 5.92 Å². The zero-order valence-corrected chi connectivity index (χ0v) is 12.0. The first-order valence-electron chi connectivity index (χ1n) is 7.28. The third-order valence-corrected chi connectivity index (χ3v) is 4.66. The minimum Gasteiger partial charge on any atom is -0.342 e. The van der Waals surface area contributed by atoms with Gasteiger partial charge >= 0.3 is 0 Å². The molecule has 2 aliphatic rings. The van der Waals surface area contributed by atoms with Gasteiger partial charge in [0.2, 0.25) is 5.91 Å². The second-order valence-corrected chi connectivity index (χ2v) is 5.98. The standard InChI is InChI=1S/C14H27N3O/c1-11-13(5-4-8-15-11)14(18)17(3)12-6-9-16(2)10-7-12/h11-13,15H,4-10H2,1-3H3. The fraction of sp³-hybridized carbons (Fsp3) is 0.929. The summed E-state index contributed by atoms with van der Waals surface area (Å²) in [5.41, 5.74) is 0. The summed E-state index contributed by atoms with van der Waals surface area (Å²) in [5, 5.41) is 3.42. The van der Waals surface area contributed by atoms with E-state index in [0.717, 1.165) is 45.3 Å². The van der Waals surface area contributed by atoms with Crippen LogP contribution in [0.4, 0.5) is 0 Å². The van der Waals surface area contributed by atoms with E-state index in [-0.39, 0.29) is 5.92 Å². The second kappa shape index (κ2) is 6.02. The van der Waals surface area contributed by atoms with Crippen molar-refractivity contribution in [3.8, 4) is 0 Å². The quantitative estimate of drug-likeness (QED) is 0.795. The van der Waals surface area contributed by atoms with E-state index in [1.54, 1.807) is 0 Å². The molecule has 18 heavy (non-hydrogen) atoms. The van der Waals surface area contributed by atoms with Crippen molar-refractivity contribution in [2.24, 2.45) is 5.92 Å². The Balaban J connectivity index is 1.91. The average Bonchev–Trinajstić information content (AvgIpc) is 2.38. The van der Waals surface area contributed by atoms with Crippen LogP contribution in [0.3, 0.4) is 0 Å². The molecule has 0 radical (unpaired) electrons. The normalized spacial score (nSPS) is 31.3. The van der Waals surface area contributed by atoms with Gasteiger partial charge in [-0.3, -0.25) is 4.79 Å². The fourth-order valence-electron chi connectivity index (χ4n) is 3.21. The Morgan fingerprint density at radius 1 is 1.28 bits per heavy atom. The Bertz CT molecular complexity index is 287. The number of likely N-dealkylation sites (tertiary alicyclic amines) is 1. The summed E-state index contributed by atoms with van der Waals surface area (Å²) in [6, 6.07) is 0.780. The highest BCUT2D eigenvalue weighted by Gasteiger charge is 2.33. The molecule has 2 unspecified atom stereocenters. The molecule has 4 heteroatoms. The number of nitrogens with zero attached hydrogens (tertiary/aromatic N) is 2. The third-order valence-electron chi connectivity index (χ3n) is 4.66. The van der Waals surface area contributed by atoms with Gasteiger partial charge in [-0.05, 0) is 59.3 Å². The van der Waals surface area contributed by atoms with Crippen molar-refractivity contribution >= 4 is 5.91 Å². The van der Waals surface area contributed by atoms with Crippen LogP contribution < -0.4 is 5.32 Å². The Morgan fingerprint density at radius 3 is 2.56 bits per heavy atom. The van der Waals surface area contributed by atoms with Crippen LogP contribution in [0.1, 0.15) is 32.6 Å². The van der Waals surface area contributed by atoms with Crippen LogP contribution in [0.25, 0.3) is 0 Å². The number of hydrogen-bond acceptors (Lipinski definition) is 3. The summed E-state index contributed by atoms with van der Waals surface area (Å²) in [6.07, 6.45) is 4.41. The molecule has 1 N–H and O–H groups in total. The SMILES string of the molecule is CC1NCCCC1C(=O)N(C)C1CCN(C)CC1. The number of carbonyl (C=O) groups is 1. The Hall–Kier alpha value is -0.610. The first kappa shape index (κ1) is 13.8. The number of nitrogens with one attached hydrogen (secondary N) is 1. The molecule has 1 amide bonds. The van der Waals surface area contributed by atoms with E-state index in [4.69, 9.17) is 0 Å². The van der Waals surface area contributed by atoms with Crippen molar-refractivity contribution < 1.29 is 4.79 Å². The highest BCUT2D eigenvalue weighted by molar-refractivity contribution is 5.79. The molecule has 2 saturated heterocycles. The number of rotatable bonds is 2. The summed E-state index contributed by atoms with van der Waals surface area (Å²) < 4.78 is 0. The smallest absolute Gasteiger partial charge is 0.227 e. The molecule has 0 aromatic rings. The molecule has 0 aromatic carbocycles. The van der Waals surface area contributed by atoms with Crippen molar-refractivity contribution in [2.75, 3.05) is 33.7 Å². The maximum Gasteiger partial charge on any atom is 0.227 e. The monoisotopic (exact) mass is 253 g/mol. The number of amides is 1. The van der Waals surface area contributed by atoms with E-state index in [0.29, 0.717) is 18.0 Å². The molecule has 2 rings (SSSR count). The van der Waals surface area contributed by atoms with E-state index < -0.39 is 0 Å². The molecular weight excluding hydrogens is 226 g/mol. The minimum atomic E-state index is 0.184. The van der Waals surface area contributed by atoms with Gasteiger partial charge in [0, 0.05) is 19.1 Å². The zero-order valence-electron chi connectivity index (χ0n) is 12.0. The van der Waals surface area contributed by atoms with Crippen LogP contribution in [-0.2, 0) is 4.79 Å². The molecule has 2 atom stereocenters. The van der Waals surface area contributed by atoms with E-state index in [9.17, 15) is 4.79 Å². The summed E-state index contributed by atoms with van der Waals surface area (Å²) in [7, 11) is 4.16. The fourth-order valence-corrected chi connectivity index (χ4v) is 3.21. The number of piperidine rings is 2. The van der Waals surface area contributed by atoms with E-state index in [1.165, 1.54) is 0 Å². The predicted molar refractivity (Wildman–Crippen MR) is 73.5 cm³/mol. The van der Waals surface area contributed by atoms with E-state index >= 15 is 0 Å². The van der Waals surface area contributed by atoms with Gasteiger partial charge in [0.1, 0.15) is 0 Å². The molecule has 2 heterocycles. The second-order valence-electron chi connectivity index (χ2n) is 5.98. The van der Waals surface area contributed by atoms with Crippen molar-refractivity contribution in [1.82, 2.24) is 15.1 Å². The van der Waals surface area contributed by atoms with E-state index in [1.807, 2.05) is 11.9 Å². The molecule has 2 fully saturated rings. The molecule has 0 aliphatic carbocycles. The average molecular weight is 253 g/mol. The van der Waals surface area contributed by atoms with Crippen molar-refractivity contribution in [1.29, 1.82) is 0 Å². The first-order valence-corrected chi connectivity index (χ1v) is 7.28. The first-order chi connectivity index (χ1) is 8.59. The van der Waals surface area contributed by atoms with Crippen LogP contribution in [0.15, 0.2) is 0 Å². The van der Waals surface area contributed by atoms with Gasteiger partial charge in [-0.15, -0.1) is 0 Å². The lowest BCUT2D eigenvalue weighted by molar-refractivity contribution is -0.138. The Morgan fingerprint density at radius 2 is 1.94 bits per heavy atom. The zero-order chi connectivity index (χ0) is 13.1. The summed E-state index contributed by atoms with van der Waals surface area (Å²) in [6.45, 7) is 5.43. The van der Waals surface area contributed by atoms with Crippen molar-refractivity contribution in [3.05, 3.63) is 0 Å². The van der Waals surface area contributed by atoms with E-state index in [2.05, 4.69) is 24.2 Å². The number of hydrogen-bond donors (Lipinski definition) is 1. The predicted octanol–water partition coefficient (Wildman–Crippen LogP) is 0.927. The molecule has 104 valence electrons. The van der Waals surface area contributed by atoms with Crippen LogP contribution in [0.5, 0.6) is 0 Å². The number of carbonyl (C=O) groups excluding carboxylic acids is 1. The molecule has 2 aliphatic heterocycles. The third kappa shape index (κ3) is 3.04. The summed E-state index contributed by atoms with van der Waals surface area (Å²) in [4.78, 5) is 16.9. The topological polar surface area (TPSA) is 35.6 Å². The van der Waals surface area contributed by atoms with Gasteiger partial charge in [-0.2, -0.15) is 0 Å². The van der Waals surface area contributed by atoms with Gasteiger partial charge in [-0.1, -0.05) is 0 Å².